The van der Waals surface area contributed by atoms with Gasteiger partial charge in [-0.05, 0) is 111 Å². The van der Waals surface area contributed by atoms with Gasteiger partial charge in [0.15, 0.2) is 0 Å². The summed E-state index contributed by atoms with van der Waals surface area (Å²) in [5.41, 5.74) is -0.00348. The summed E-state index contributed by atoms with van der Waals surface area (Å²) in [6.07, 6.45) is -3.82. The maximum atomic E-state index is 15.2. The van der Waals surface area contributed by atoms with Crippen molar-refractivity contribution in [3.05, 3.63) is 70.2 Å². The zero-order chi connectivity index (χ0) is 72.4. The first kappa shape index (κ1) is 80.6. The summed E-state index contributed by atoms with van der Waals surface area (Å²) in [5.74, 6) is -10.1. The predicted molar refractivity (Wildman–Crippen MR) is 356 cm³/mol. The van der Waals surface area contributed by atoms with E-state index in [9.17, 15) is 61.1 Å². The number of nitrogens with zero attached hydrogens (tertiary/aromatic N) is 8. The Hall–Kier alpha value is -7.84. The molecule has 4 N–H and O–H groups in total. The van der Waals surface area contributed by atoms with Crippen LogP contribution in [0.2, 0.25) is 5.02 Å². The van der Waals surface area contributed by atoms with E-state index in [4.69, 9.17) is 11.6 Å². The molecule has 2 saturated heterocycles. The van der Waals surface area contributed by atoms with Crippen LogP contribution in [0, 0.1) is 23.7 Å². The van der Waals surface area contributed by atoms with Gasteiger partial charge >= 0.3 is 6.18 Å². The number of benzene rings is 2. The molecule has 2 aromatic carbocycles. The number of likely N-dealkylation sites (tertiary alicyclic amines) is 1. The Labute approximate surface area is 568 Å². The fourth-order valence-electron chi connectivity index (χ4n) is 11.5. The maximum Gasteiger partial charge on any atom is 0.416 e. The largest absolute Gasteiger partial charge is 0.416 e. The molecule has 28 heteroatoms. The van der Waals surface area contributed by atoms with E-state index in [0.717, 1.165) is 36.6 Å². The summed E-state index contributed by atoms with van der Waals surface area (Å²) in [4.78, 5) is 184. The van der Waals surface area contributed by atoms with E-state index in [2.05, 4.69) is 21.3 Å². The third-order valence-corrected chi connectivity index (χ3v) is 18.2. The van der Waals surface area contributed by atoms with E-state index in [1.807, 2.05) is 27.7 Å². The van der Waals surface area contributed by atoms with Gasteiger partial charge in [0.2, 0.25) is 70.9 Å². The first-order valence-electron chi connectivity index (χ1n) is 33.0. The van der Waals surface area contributed by atoms with Gasteiger partial charge in [0.25, 0.3) is 0 Å². The number of nitrogens with one attached hydrogen (secondary N) is 4. The minimum absolute atomic E-state index is 0.00677. The number of amides is 12. The van der Waals surface area contributed by atoms with Crippen molar-refractivity contribution >= 4 is 82.5 Å². The van der Waals surface area contributed by atoms with Gasteiger partial charge in [0.1, 0.15) is 48.3 Å². The van der Waals surface area contributed by atoms with Gasteiger partial charge < -0.3 is 60.5 Å². The highest BCUT2D eigenvalue weighted by Gasteiger charge is 2.42. The minimum Gasteiger partial charge on any atom is -0.343 e. The number of hydrogen-bond acceptors (Lipinski definition) is 12. The van der Waals surface area contributed by atoms with Gasteiger partial charge in [-0.25, -0.2) is 0 Å². The third kappa shape index (κ3) is 23.2. The Balaban J connectivity index is 1.88. The first-order valence-corrected chi connectivity index (χ1v) is 33.3. The summed E-state index contributed by atoms with van der Waals surface area (Å²) >= 11 is 6.21. The zero-order valence-corrected chi connectivity index (χ0v) is 59.4. The Bertz CT molecular complexity index is 3060. The molecule has 0 saturated carbocycles. The molecule has 0 aliphatic carbocycles. The van der Waals surface area contributed by atoms with Crippen LogP contribution in [0.4, 0.5) is 13.2 Å². The molecule has 0 radical (unpaired) electrons. The lowest BCUT2D eigenvalue weighted by Crippen LogP contribution is -2.60. The lowest BCUT2D eigenvalue weighted by molar-refractivity contribution is -0.150. The monoisotopic (exact) mass is 1370 g/mol. The van der Waals surface area contributed by atoms with Crippen molar-refractivity contribution in [1.82, 2.24) is 60.5 Å². The number of halogens is 4. The van der Waals surface area contributed by atoms with E-state index < -0.39 is 163 Å². The first-order chi connectivity index (χ1) is 44.8. The van der Waals surface area contributed by atoms with Crippen LogP contribution in [-0.4, -0.2) is 240 Å². The molecule has 2 aliphatic heterocycles. The van der Waals surface area contributed by atoms with E-state index in [0.29, 0.717) is 48.5 Å². The second-order valence-electron chi connectivity index (χ2n) is 27.1. The molecule has 0 spiro atoms. The molecule has 24 nitrogen and oxygen atoms in total. The SMILES string of the molecule is CC[C@H](C)[C@@H]1NC(=O)[C@H](C)N(C)C(=O)CC(C(=O)N2CCCC2)NC(=O)[C@H](CC(C)C)N(C)C(=O)[C@H](CC(C)C)N(C)C(=O)[C@H](CC(C)C)NC(=O)[C@H](CCc2ccc(C(F)(F)F)cc2)NC(=O)CN(C)C(=O)[C@H](Cc2ccc(Cl)cc2)N(C)C(=O)CN(C)C(=O)CN(C)C1=O. The minimum atomic E-state index is -4.64. The maximum absolute atomic E-state index is 15.2. The lowest BCUT2D eigenvalue weighted by Gasteiger charge is -2.37. The summed E-state index contributed by atoms with van der Waals surface area (Å²) < 4.78 is 40.9. The van der Waals surface area contributed by atoms with Gasteiger partial charge in [0.05, 0.1) is 31.6 Å². The number of rotatable bonds is 14. The molecule has 2 fully saturated rings. The number of hydrogen-bond donors (Lipinski definition) is 4. The van der Waals surface area contributed by atoms with Gasteiger partial charge in [-0.15, -0.1) is 0 Å². The molecule has 2 aromatic rings. The van der Waals surface area contributed by atoms with Crippen LogP contribution in [0.3, 0.4) is 0 Å². The van der Waals surface area contributed by atoms with Crippen LogP contribution < -0.4 is 21.3 Å². The van der Waals surface area contributed by atoms with Crippen LogP contribution in [0.15, 0.2) is 48.5 Å². The lowest BCUT2D eigenvalue weighted by atomic mass is 9.96. The van der Waals surface area contributed by atoms with Crippen LogP contribution in [0.5, 0.6) is 0 Å². The van der Waals surface area contributed by atoms with Crippen molar-refractivity contribution in [2.24, 2.45) is 23.7 Å². The Morgan fingerprint density at radius 1 is 0.542 bits per heavy atom. The third-order valence-electron chi connectivity index (χ3n) is 17.9. The number of carbonyl (C=O) groups excluding carboxylic acids is 12. The second kappa shape index (κ2) is 36.5. The van der Waals surface area contributed by atoms with Gasteiger partial charge in [-0.3, -0.25) is 57.5 Å². The highest BCUT2D eigenvalue weighted by atomic mass is 35.5. The Kier molecular flexibility index (Phi) is 30.6. The molecule has 0 aromatic heterocycles. The molecular weight excluding hydrogens is 1270 g/mol. The normalized spacial score (nSPS) is 24.1. The quantitative estimate of drug-likeness (QED) is 0.205. The molecule has 9 atom stereocenters. The Morgan fingerprint density at radius 2 is 1.07 bits per heavy atom. The number of carbonyl (C=O) groups is 12. The number of aryl methyl sites for hydroxylation is 1. The Morgan fingerprint density at radius 3 is 1.62 bits per heavy atom. The van der Waals surface area contributed by atoms with Gasteiger partial charge in [-0.1, -0.05) is 97.7 Å². The number of alkyl halides is 3. The fourth-order valence-corrected chi connectivity index (χ4v) is 11.6. The van der Waals surface area contributed by atoms with Crippen LogP contribution in [0.1, 0.15) is 130 Å². The zero-order valence-electron chi connectivity index (χ0n) is 58.6. The highest BCUT2D eigenvalue weighted by Crippen LogP contribution is 2.30. The van der Waals surface area contributed by atoms with Crippen LogP contribution in [-0.2, 0) is 76.6 Å². The van der Waals surface area contributed by atoms with Crippen molar-refractivity contribution in [2.75, 3.05) is 82.1 Å². The molecular formula is C68H102ClF3N12O12. The molecule has 4 rings (SSSR count). The predicted octanol–water partition coefficient (Wildman–Crippen LogP) is 4.39. The summed E-state index contributed by atoms with van der Waals surface area (Å²) in [6, 6.07) is -0.0156. The van der Waals surface area contributed by atoms with Crippen molar-refractivity contribution < 1.29 is 70.7 Å². The van der Waals surface area contributed by atoms with Gasteiger partial charge in [-0.2, -0.15) is 13.2 Å². The van der Waals surface area contributed by atoms with E-state index in [1.54, 1.807) is 52.0 Å². The summed E-state index contributed by atoms with van der Waals surface area (Å²) in [5, 5.41) is 11.4. The molecule has 12 amide bonds. The van der Waals surface area contributed by atoms with Crippen molar-refractivity contribution in [1.29, 1.82) is 0 Å². The molecule has 1 unspecified atom stereocenters. The standard InChI is InChI=1S/C68H102ClF3N12O12/c1-17-43(8)59-67(96)79(12)38-57(87)77(10)39-58(88)81(14)54(35-46-22-27-48(69)28-23-46)65(94)78(11)37-55(85)73-49(29-24-45-20-25-47(26-21-45)68(70,71)72)61(90)74-50(32-40(2)3)63(92)83(16)53(34-42(6)7)66(95)82(15)52(33-41(4)5)62(91)75-51(64(93)84-30-18-19-31-84)36-56(86)80(13)44(9)60(89)76-59/h20-23,25-28,40-44,49-54,59H,17-19,24,29-39H2,1-16H3,(H,73,85)(H,74,90)(H,75,91)(H,76,89)/t43-,44-,49-,50-,51?,52-,53-,54-,59-/m0/s1. The fraction of sp³-hybridized carbons (Fsp3) is 0.647. The van der Waals surface area contributed by atoms with Crippen LogP contribution >= 0.6 is 11.6 Å². The second-order valence-corrected chi connectivity index (χ2v) is 27.5. The number of likely N-dealkylation sites (N-methyl/N-ethyl adjacent to an activating group) is 7. The average Bonchev–Trinajstić information content (AvgIpc) is 0.928. The summed E-state index contributed by atoms with van der Waals surface area (Å²) in [7, 11) is 9.43. The smallest absolute Gasteiger partial charge is 0.343 e. The van der Waals surface area contributed by atoms with E-state index >= 15 is 9.59 Å². The molecule has 2 aliphatic rings. The van der Waals surface area contributed by atoms with Crippen molar-refractivity contribution in [3.8, 4) is 0 Å². The highest BCUT2D eigenvalue weighted by molar-refractivity contribution is 6.30. The van der Waals surface area contributed by atoms with E-state index in [-0.39, 0.29) is 56.3 Å². The van der Waals surface area contributed by atoms with Crippen molar-refractivity contribution in [3.63, 3.8) is 0 Å². The van der Waals surface area contributed by atoms with Gasteiger partial charge in [0, 0.05) is 73.9 Å². The molecule has 534 valence electrons. The van der Waals surface area contributed by atoms with E-state index in [1.165, 1.54) is 83.1 Å². The molecule has 0 bridgehead atoms. The molecule has 2 heterocycles. The topological polar surface area (TPSA) is 279 Å². The molecule has 96 heavy (non-hydrogen) atoms. The van der Waals surface area contributed by atoms with Crippen molar-refractivity contribution in [2.45, 2.75) is 181 Å². The summed E-state index contributed by atoms with van der Waals surface area (Å²) in [6.45, 7) is 14.6. The van der Waals surface area contributed by atoms with Crippen LogP contribution in [0.25, 0.3) is 0 Å². The average molecular weight is 1370 g/mol.